The van der Waals surface area contributed by atoms with Crippen LogP contribution in [0.1, 0.15) is 5.56 Å². The van der Waals surface area contributed by atoms with Crippen LogP contribution >= 0.6 is 0 Å². The lowest BCUT2D eigenvalue weighted by Crippen LogP contribution is -2.41. The van der Waals surface area contributed by atoms with Crippen molar-refractivity contribution >= 4 is 34.3 Å². The van der Waals surface area contributed by atoms with E-state index in [0.29, 0.717) is 31.3 Å². The molecule has 1 aromatic carbocycles. The number of carbonyl (C=O) groups is 1. The number of morpholine rings is 1. The number of fused-ring (bicyclic) bond motifs is 1. The Bertz CT molecular complexity index is 1270. The van der Waals surface area contributed by atoms with E-state index in [1.54, 1.807) is 22.0 Å². The Labute approximate surface area is 177 Å². The molecule has 4 aromatic rings. The van der Waals surface area contributed by atoms with E-state index in [1.165, 1.54) is 12.1 Å². The number of aromatic nitrogens is 5. The predicted octanol–water partition coefficient (Wildman–Crippen LogP) is 2.46. The van der Waals surface area contributed by atoms with E-state index in [2.05, 4.69) is 20.4 Å². The fourth-order valence-corrected chi connectivity index (χ4v) is 3.64. The molecule has 10 heteroatoms. The topological polar surface area (TPSA) is 90.1 Å². The van der Waals surface area contributed by atoms with E-state index in [-0.39, 0.29) is 12.5 Å². The molecular weight excluding hydrogens is 401 g/mol. The maximum atomic E-state index is 14.3. The molecule has 0 atom stereocenters. The van der Waals surface area contributed by atoms with Gasteiger partial charge in [-0.25, -0.2) is 9.37 Å². The summed E-state index contributed by atoms with van der Waals surface area (Å²) < 4.78 is 23.1. The third-order valence-electron chi connectivity index (χ3n) is 5.06. The maximum Gasteiger partial charge on any atom is 0.253 e. The molecule has 1 fully saturated rings. The number of aryl methyl sites for hydroxylation is 1. The molecule has 1 amide bonds. The second kappa shape index (κ2) is 7.80. The third kappa shape index (κ3) is 3.97. The fourth-order valence-electron chi connectivity index (χ4n) is 3.64. The van der Waals surface area contributed by atoms with Crippen molar-refractivity contribution in [3.8, 4) is 0 Å². The zero-order valence-electron chi connectivity index (χ0n) is 16.8. The van der Waals surface area contributed by atoms with Gasteiger partial charge in [-0.1, -0.05) is 0 Å². The molecule has 0 bridgehead atoms. The molecule has 1 aliphatic rings. The Morgan fingerprint density at radius 1 is 1.26 bits per heavy atom. The highest BCUT2D eigenvalue weighted by molar-refractivity contribution is 5.94. The SMILES string of the molecule is Cn1cc(Nc2ncc3ccn(Cc4cc(F)cc(N5CCOCC5=O)c4)c3n2)cn1. The number of nitrogens with one attached hydrogen (secondary N) is 1. The molecule has 1 aliphatic heterocycles. The van der Waals surface area contributed by atoms with Gasteiger partial charge in [0, 0.05) is 49.8 Å². The minimum absolute atomic E-state index is 0.0116. The molecule has 4 heterocycles. The number of anilines is 3. The van der Waals surface area contributed by atoms with Gasteiger partial charge in [-0.15, -0.1) is 0 Å². The van der Waals surface area contributed by atoms with E-state index in [4.69, 9.17) is 4.74 Å². The van der Waals surface area contributed by atoms with Crippen molar-refractivity contribution in [1.29, 1.82) is 0 Å². The first-order valence-corrected chi connectivity index (χ1v) is 9.80. The molecular formula is C21H20FN7O2. The van der Waals surface area contributed by atoms with Crippen molar-refractivity contribution in [2.75, 3.05) is 30.0 Å². The van der Waals surface area contributed by atoms with E-state index in [1.807, 2.05) is 36.1 Å². The number of nitrogens with zero attached hydrogens (tertiary/aromatic N) is 6. The predicted molar refractivity (Wildman–Crippen MR) is 113 cm³/mol. The highest BCUT2D eigenvalue weighted by atomic mass is 19.1. The third-order valence-corrected chi connectivity index (χ3v) is 5.06. The number of carbonyl (C=O) groups excluding carboxylic acids is 1. The number of hydrogen-bond acceptors (Lipinski definition) is 6. The molecule has 0 spiro atoms. The number of amides is 1. The lowest BCUT2D eigenvalue weighted by Gasteiger charge is -2.27. The quantitative estimate of drug-likeness (QED) is 0.532. The van der Waals surface area contributed by atoms with Crippen molar-refractivity contribution in [2.45, 2.75) is 6.54 Å². The van der Waals surface area contributed by atoms with Crippen LogP contribution in [0.15, 0.2) is 49.1 Å². The fraction of sp³-hybridized carbons (Fsp3) is 0.238. The van der Waals surface area contributed by atoms with Gasteiger partial charge >= 0.3 is 0 Å². The summed E-state index contributed by atoms with van der Waals surface area (Å²) in [6.07, 6.45) is 7.14. The molecule has 1 saturated heterocycles. The van der Waals surface area contributed by atoms with Crippen molar-refractivity contribution in [3.63, 3.8) is 0 Å². The van der Waals surface area contributed by atoms with E-state index < -0.39 is 5.82 Å². The van der Waals surface area contributed by atoms with Gasteiger partial charge in [-0.2, -0.15) is 10.1 Å². The second-order valence-electron chi connectivity index (χ2n) is 7.36. The molecule has 0 saturated carbocycles. The zero-order valence-corrected chi connectivity index (χ0v) is 16.8. The summed E-state index contributed by atoms with van der Waals surface area (Å²) in [7, 11) is 1.83. The normalized spacial score (nSPS) is 14.4. The Balaban J connectivity index is 1.43. The van der Waals surface area contributed by atoms with E-state index in [9.17, 15) is 9.18 Å². The first-order chi connectivity index (χ1) is 15.0. The summed E-state index contributed by atoms with van der Waals surface area (Å²) in [4.78, 5) is 22.7. The van der Waals surface area contributed by atoms with Gasteiger partial charge in [0.2, 0.25) is 5.95 Å². The maximum absolute atomic E-state index is 14.3. The van der Waals surface area contributed by atoms with Crippen LogP contribution in [0.5, 0.6) is 0 Å². The van der Waals surface area contributed by atoms with Gasteiger partial charge in [-0.05, 0) is 29.8 Å². The van der Waals surface area contributed by atoms with Crippen molar-refractivity contribution < 1.29 is 13.9 Å². The largest absolute Gasteiger partial charge is 0.370 e. The monoisotopic (exact) mass is 421 g/mol. The molecule has 0 radical (unpaired) electrons. The van der Waals surface area contributed by atoms with Crippen molar-refractivity contribution in [2.24, 2.45) is 7.05 Å². The molecule has 158 valence electrons. The number of rotatable bonds is 5. The van der Waals surface area contributed by atoms with E-state index >= 15 is 0 Å². The van der Waals surface area contributed by atoms with Gasteiger partial charge in [0.25, 0.3) is 5.91 Å². The average molecular weight is 421 g/mol. The van der Waals surface area contributed by atoms with Crippen LogP contribution in [0.2, 0.25) is 0 Å². The first-order valence-electron chi connectivity index (χ1n) is 9.80. The molecule has 0 unspecified atom stereocenters. The standard InChI is InChI=1S/C21H20FN7O2/c1-27-12-17(10-24-27)25-21-23-9-15-2-3-28(20(15)26-21)11-14-6-16(22)8-18(7-14)29-4-5-31-13-19(29)30/h2-3,6-10,12H,4-5,11,13H2,1H3,(H,23,25,26). The van der Waals surface area contributed by atoms with Gasteiger partial charge in [-0.3, -0.25) is 9.48 Å². The van der Waals surface area contributed by atoms with Crippen LogP contribution in [0, 0.1) is 5.82 Å². The lowest BCUT2D eigenvalue weighted by atomic mass is 10.1. The summed E-state index contributed by atoms with van der Waals surface area (Å²) >= 11 is 0. The molecule has 9 nitrogen and oxygen atoms in total. The van der Waals surface area contributed by atoms with Crippen molar-refractivity contribution in [3.05, 3.63) is 60.4 Å². The van der Waals surface area contributed by atoms with Crippen LogP contribution in [0.4, 0.5) is 21.7 Å². The summed E-state index contributed by atoms with van der Waals surface area (Å²) in [6.45, 7) is 1.25. The molecule has 31 heavy (non-hydrogen) atoms. The Hall–Kier alpha value is -3.79. The summed E-state index contributed by atoms with van der Waals surface area (Å²) in [5.74, 6) is -0.121. The summed E-state index contributed by atoms with van der Waals surface area (Å²) in [6, 6.07) is 6.58. The average Bonchev–Trinajstić information content (AvgIpc) is 3.34. The summed E-state index contributed by atoms with van der Waals surface area (Å²) in [5, 5.41) is 8.12. The highest BCUT2D eigenvalue weighted by Gasteiger charge is 2.21. The first kappa shape index (κ1) is 19.2. The van der Waals surface area contributed by atoms with Crippen LogP contribution in [0.3, 0.4) is 0 Å². The molecule has 3 aromatic heterocycles. The summed E-state index contributed by atoms with van der Waals surface area (Å²) in [5.41, 5.74) is 2.76. The number of ether oxygens (including phenoxy) is 1. The van der Waals surface area contributed by atoms with Gasteiger partial charge in [0.1, 0.15) is 18.1 Å². The Kier molecular flexibility index (Phi) is 4.83. The van der Waals surface area contributed by atoms with Crippen LogP contribution in [-0.4, -0.2) is 50.0 Å². The smallest absolute Gasteiger partial charge is 0.253 e. The van der Waals surface area contributed by atoms with Gasteiger partial charge in [0.15, 0.2) is 0 Å². The minimum Gasteiger partial charge on any atom is -0.370 e. The van der Waals surface area contributed by atoms with Gasteiger partial charge < -0.3 is 19.5 Å². The number of benzene rings is 1. The lowest BCUT2D eigenvalue weighted by molar-refractivity contribution is -0.125. The molecule has 5 rings (SSSR count). The number of hydrogen-bond donors (Lipinski definition) is 1. The van der Waals surface area contributed by atoms with E-state index in [0.717, 1.165) is 22.3 Å². The highest BCUT2D eigenvalue weighted by Crippen LogP contribution is 2.23. The minimum atomic E-state index is -0.392. The zero-order chi connectivity index (χ0) is 21.4. The van der Waals surface area contributed by atoms with Crippen molar-refractivity contribution in [1.82, 2.24) is 24.3 Å². The molecule has 0 aliphatic carbocycles. The Morgan fingerprint density at radius 2 is 2.16 bits per heavy atom. The van der Waals surface area contributed by atoms with Gasteiger partial charge in [0.05, 0.1) is 18.5 Å². The Morgan fingerprint density at radius 3 is 2.97 bits per heavy atom. The second-order valence-corrected chi connectivity index (χ2v) is 7.36. The van der Waals surface area contributed by atoms with Crippen LogP contribution < -0.4 is 10.2 Å². The molecule has 1 N–H and O–H groups in total. The van der Waals surface area contributed by atoms with Crippen LogP contribution in [0.25, 0.3) is 11.0 Å². The van der Waals surface area contributed by atoms with Crippen LogP contribution in [-0.2, 0) is 23.1 Å². The number of halogens is 1.